The third-order valence-electron chi connectivity index (χ3n) is 5.54. The first-order valence-corrected chi connectivity index (χ1v) is 12.7. The van der Waals surface area contributed by atoms with Gasteiger partial charge in [-0.15, -0.1) is 0 Å². The highest BCUT2D eigenvalue weighted by Crippen LogP contribution is 2.38. The lowest BCUT2D eigenvalue weighted by molar-refractivity contribution is -0.139. The number of phosphoric ester groups is 1. The van der Waals surface area contributed by atoms with Crippen LogP contribution in [0, 0.1) is 0 Å². The number of nitrogens with two attached hydrogens (primary N) is 1. The molecule has 1 aromatic rings. The van der Waals surface area contributed by atoms with Gasteiger partial charge in [0.15, 0.2) is 0 Å². The summed E-state index contributed by atoms with van der Waals surface area (Å²) in [5.41, 5.74) is 5.07. The summed E-state index contributed by atoms with van der Waals surface area (Å²) in [6.45, 7) is -1.13. The summed E-state index contributed by atoms with van der Waals surface area (Å²) in [4.78, 5) is 17.6. The van der Waals surface area contributed by atoms with Gasteiger partial charge in [-0.05, 0) is 69.1 Å². The molecule has 1 aliphatic rings. The number of halogens is 3. The smallest absolute Gasteiger partial charge is 0.469 e. The second-order valence-electron chi connectivity index (χ2n) is 8.53. The molecule has 0 heterocycles. The Kier molecular flexibility index (Phi) is 10.8. The van der Waals surface area contributed by atoms with Crippen molar-refractivity contribution in [3.63, 3.8) is 0 Å². The van der Waals surface area contributed by atoms with Gasteiger partial charge in [0.1, 0.15) is 5.75 Å². The van der Waals surface area contributed by atoms with Gasteiger partial charge in [0.25, 0.3) is 0 Å². The third-order valence-corrected chi connectivity index (χ3v) is 6.00. The normalized spacial score (nSPS) is 16.3. The number of rotatable bonds is 14. The molecule has 0 radical (unpaired) electrons. The largest absolute Gasteiger partial charge is 0.493 e. The molecule has 0 aliphatic heterocycles. The van der Waals surface area contributed by atoms with Crippen LogP contribution >= 0.6 is 7.82 Å². The van der Waals surface area contributed by atoms with Gasteiger partial charge in [-0.2, -0.15) is 13.2 Å². The van der Waals surface area contributed by atoms with Gasteiger partial charge < -0.3 is 25.4 Å². The monoisotopic (exact) mass is 507 g/mol. The summed E-state index contributed by atoms with van der Waals surface area (Å²) >= 11 is 0. The molecule has 34 heavy (non-hydrogen) atoms. The van der Waals surface area contributed by atoms with E-state index in [1.165, 1.54) is 17.7 Å². The van der Waals surface area contributed by atoms with E-state index in [-0.39, 0.29) is 25.2 Å². The molecule has 0 bridgehead atoms. The molecule has 0 fully saturated rings. The highest BCUT2D eigenvalue weighted by atomic mass is 31.2. The predicted octanol–water partition coefficient (Wildman–Crippen LogP) is 4.65. The zero-order valence-corrected chi connectivity index (χ0v) is 19.9. The first kappa shape index (κ1) is 28.6. The fraction of sp³-hybridized carbons (Fsp3) is 0.565. The number of aliphatic hydroxyl groups is 1. The van der Waals surface area contributed by atoms with Crippen molar-refractivity contribution in [2.24, 2.45) is 5.73 Å². The molecular weight excluding hydrogens is 474 g/mol. The lowest BCUT2D eigenvalue weighted by Gasteiger charge is -2.27. The van der Waals surface area contributed by atoms with E-state index in [0.29, 0.717) is 12.0 Å². The summed E-state index contributed by atoms with van der Waals surface area (Å²) in [5.74, 6) is -0.250. The van der Waals surface area contributed by atoms with Crippen LogP contribution in [0.2, 0.25) is 0 Å². The molecule has 192 valence electrons. The Bertz CT molecular complexity index is 899. The molecule has 1 unspecified atom stereocenters. The summed E-state index contributed by atoms with van der Waals surface area (Å²) in [6.07, 6.45) is 7.36. The second kappa shape index (κ2) is 12.9. The fourth-order valence-electron chi connectivity index (χ4n) is 3.53. The average Bonchev–Trinajstić information content (AvgIpc) is 2.78. The number of ether oxygens (including phenoxy) is 1. The molecule has 11 heteroatoms. The van der Waals surface area contributed by atoms with Gasteiger partial charge in [0, 0.05) is 0 Å². The van der Waals surface area contributed by atoms with Crippen LogP contribution in [0.3, 0.4) is 0 Å². The van der Waals surface area contributed by atoms with Crippen LogP contribution in [0.25, 0.3) is 0 Å². The van der Waals surface area contributed by atoms with Crippen molar-refractivity contribution in [3.05, 3.63) is 53.1 Å². The first-order valence-electron chi connectivity index (χ1n) is 11.2. The molecule has 0 amide bonds. The Balaban J connectivity index is 1.90. The van der Waals surface area contributed by atoms with E-state index >= 15 is 0 Å². The molecule has 0 spiro atoms. The molecule has 0 saturated carbocycles. The molecule has 1 atom stereocenters. The minimum Gasteiger partial charge on any atom is -0.493 e. The summed E-state index contributed by atoms with van der Waals surface area (Å²) in [6, 6.07) is 3.71. The Morgan fingerprint density at radius 1 is 1.09 bits per heavy atom. The molecule has 0 aromatic heterocycles. The predicted molar refractivity (Wildman–Crippen MR) is 122 cm³/mol. The van der Waals surface area contributed by atoms with E-state index in [2.05, 4.69) is 22.8 Å². The number of hydrogen-bond donors (Lipinski definition) is 4. The van der Waals surface area contributed by atoms with E-state index in [1.807, 2.05) is 0 Å². The maximum atomic E-state index is 13.6. The number of unbranched alkanes of at least 4 members (excludes halogenated alkanes) is 2. The molecular formula is C23H33F3NO6P. The number of alkyl halides is 3. The molecule has 0 saturated heterocycles. The minimum absolute atomic E-state index is 0.0369. The third kappa shape index (κ3) is 10.3. The van der Waals surface area contributed by atoms with Gasteiger partial charge in [0.2, 0.25) is 0 Å². The lowest BCUT2D eigenvalue weighted by atomic mass is 9.93. The Labute approximate surface area is 197 Å². The van der Waals surface area contributed by atoms with Gasteiger partial charge in [-0.25, -0.2) is 4.57 Å². The van der Waals surface area contributed by atoms with Crippen molar-refractivity contribution in [1.82, 2.24) is 0 Å². The van der Waals surface area contributed by atoms with Gasteiger partial charge in [0.05, 0.1) is 30.9 Å². The van der Waals surface area contributed by atoms with Crippen molar-refractivity contribution in [2.45, 2.75) is 63.1 Å². The molecule has 5 N–H and O–H groups in total. The van der Waals surface area contributed by atoms with Crippen LogP contribution < -0.4 is 10.5 Å². The number of aliphatic hydroxyl groups excluding tert-OH is 1. The van der Waals surface area contributed by atoms with Crippen LogP contribution in [0.1, 0.15) is 56.1 Å². The first-order chi connectivity index (χ1) is 15.9. The Morgan fingerprint density at radius 3 is 2.47 bits per heavy atom. The second-order valence-corrected chi connectivity index (χ2v) is 9.77. The topological polar surface area (TPSA) is 122 Å². The van der Waals surface area contributed by atoms with Gasteiger partial charge >= 0.3 is 14.0 Å². The van der Waals surface area contributed by atoms with E-state index in [0.717, 1.165) is 38.2 Å². The maximum Gasteiger partial charge on any atom is 0.469 e. The fourth-order valence-corrected chi connectivity index (χ4v) is 3.95. The molecule has 1 aromatic carbocycles. The zero-order valence-electron chi connectivity index (χ0n) is 19.0. The van der Waals surface area contributed by atoms with E-state index < -0.39 is 38.3 Å². The molecule has 1 aliphatic carbocycles. The van der Waals surface area contributed by atoms with E-state index in [9.17, 15) is 22.8 Å². The number of allylic oxidation sites excluding steroid dienone is 4. The van der Waals surface area contributed by atoms with Crippen LogP contribution in [-0.4, -0.2) is 40.3 Å². The summed E-state index contributed by atoms with van der Waals surface area (Å²) < 4.78 is 61.4. The van der Waals surface area contributed by atoms with Crippen molar-refractivity contribution in [3.8, 4) is 5.75 Å². The molecule has 2 rings (SSSR count). The van der Waals surface area contributed by atoms with Crippen molar-refractivity contribution in [2.75, 3.05) is 19.8 Å². The highest BCUT2D eigenvalue weighted by molar-refractivity contribution is 7.46. The highest BCUT2D eigenvalue weighted by Gasteiger charge is 2.35. The van der Waals surface area contributed by atoms with Crippen LogP contribution in [-0.2, 0) is 21.7 Å². The van der Waals surface area contributed by atoms with Gasteiger partial charge in [-0.1, -0.05) is 29.9 Å². The minimum atomic E-state index is -4.80. The Morgan fingerprint density at radius 2 is 1.85 bits per heavy atom. The molecule has 7 nitrogen and oxygen atoms in total. The van der Waals surface area contributed by atoms with Crippen LogP contribution in [0.5, 0.6) is 5.75 Å². The Hall–Kier alpha value is -1.68. The van der Waals surface area contributed by atoms with Gasteiger partial charge in [-0.3, -0.25) is 4.52 Å². The SMILES string of the molecule is NC(CO)(CCc1ccc(OCCCCCC2=CCCC=C2)c(C(F)(F)F)c1)COP(=O)(O)O. The summed E-state index contributed by atoms with van der Waals surface area (Å²) in [7, 11) is -4.80. The zero-order chi connectivity index (χ0) is 25.2. The number of aryl methyl sites for hydroxylation is 1. The van der Waals surface area contributed by atoms with E-state index in [4.69, 9.17) is 20.3 Å². The van der Waals surface area contributed by atoms with Crippen molar-refractivity contribution >= 4 is 7.82 Å². The van der Waals surface area contributed by atoms with Crippen molar-refractivity contribution < 1.29 is 41.9 Å². The average molecular weight is 507 g/mol. The number of hydrogen-bond acceptors (Lipinski definition) is 5. The summed E-state index contributed by atoms with van der Waals surface area (Å²) in [5, 5.41) is 9.46. The number of benzene rings is 1. The van der Waals surface area contributed by atoms with E-state index in [1.54, 1.807) is 0 Å². The standard InChI is InChI=1S/C23H33F3NO6P/c24-23(25,26)20-15-19(12-13-22(27,16-28)17-33-34(29,30)31)10-11-21(20)32-14-6-2-5-9-18-7-3-1-4-8-18/h3,7-8,10-11,15,28H,1-2,4-6,9,12-14,16-17,27H2,(H2,29,30,31). The maximum absolute atomic E-state index is 13.6. The number of phosphoric acid groups is 1. The lowest BCUT2D eigenvalue weighted by Crippen LogP contribution is -2.48. The quantitative estimate of drug-likeness (QED) is 0.214. The van der Waals surface area contributed by atoms with Crippen LogP contribution in [0.4, 0.5) is 13.2 Å². The van der Waals surface area contributed by atoms with Crippen LogP contribution in [0.15, 0.2) is 42.0 Å². The van der Waals surface area contributed by atoms with Crippen molar-refractivity contribution in [1.29, 1.82) is 0 Å².